The number of aromatic nitrogens is 1. The zero-order valence-electron chi connectivity index (χ0n) is 18.0. The molecule has 0 amide bonds. The number of likely N-dealkylation sites (N-methyl/N-ethyl adjacent to an activating group) is 1. The molecule has 0 radical (unpaired) electrons. The van der Waals surface area contributed by atoms with Crippen molar-refractivity contribution in [3.8, 4) is 28.9 Å². The molecule has 164 valence electrons. The van der Waals surface area contributed by atoms with E-state index in [1.807, 2.05) is 30.1 Å². The third kappa shape index (κ3) is 4.53. The fraction of sp³-hybridized carbons (Fsp3) is 0.261. The van der Waals surface area contributed by atoms with Gasteiger partial charge in [0.2, 0.25) is 11.8 Å². The molecule has 0 spiro atoms. The van der Waals surface area contributed by atoms with E-state index in [1.165, 1.54) is 17.7 Å². The third-order valence-electron chi connectivity index (χ3n) is 5.08. The van der Waals surface area contributed by atoms with E-state index < -0.39 is 5.97 Å². The zero-order chi connectivity index (χ0) is 22.5. The van der Waals surface area contributed by atoms with Gasteiger partial charge in [-0.05, 0) is 48.4 Å². The molecule has 0 saturated carbocycles. The molecule has 31 heavy (non-hydrogen) atoms. The number of hydrogen-bond donors (Lipinski definition) is 2. The Bertz CT molecular complexity index is 1060. The highest BCUT2D eigenvalue weighted by molar-refractivity contribution is 5.89. The molecule has 0 aliphatic rings. The minimum Gasteiger partial charge on any atom is -0.494 e. The van der Waals surface area contributed by atoms with E-state index in [4.69, 9.17) is 9.47 Å². The van der Waals surface area contributed by atoms with E-state index in [9.17, 15) is 15.0 Å². The lowest BCUT2D eigenvalue weighted by Gasteiger charge is -2.19. The van der Waals surface area contributed by atoms with E-state index in [2.05, 4.69) is 4.74 Å². The molecule has 0 bridgehead atoms. The van der Waals surface area contributed by atoms with Crippen molar-refractivity contribution in [1.29, 1.82) is 0 Å². The number of benzene rings is 2. The van der Waals surface area contributed by atoms with E-state index in [0.717, 1.165) is 5.56 Å². The van der Waals surface area contributed by atoms with Crippen LogP contribution in [0.2, 0.25) is 0 Å². The van der Waals surface area contributed by atoms with Crippen molar-refractivity contribution in [1.82, 2.24) is 4.57 Å². The van der Waals surface area contributed by atoms with Gasteiger partial charge in [-0.15, -0.1) is 0 Å². The van der Waals surface area contributed by atoms with Gasteiger partial charge in [0.25, 0.3) is 0 Å². The van der Waals surface area contributed by atoms with Gasteiger partial charge in [0, 0.05) is 19.7 Å². The fourth-order valence-corrected chi connectivity index (χ4v) is 3.33. The largest absolute Gasteiger partial charge is 0.494 e. The first-order chi connectivity index (χ1) is 14.9. The quantitative estimate of drug-likeness (QED) is 0.534. The smallest absolute Gasteiger partial charge is 0.337 e. The standard InChI is InChI=1S/C23H26N2O6/c1-24(12-11-15-5-10-19(29-2)20(13-15)30-3)18-14-21(26)25(22(18)27)17-8-6-16(7-9-17)23(28)31-4/h5-10,13-14,26-27H,11-12H2,1-4H3. The zero-order valence-corrected chi connectivity index (χ0v) is 18.0. The first-order valence-electron chi connectivity index (χ1n) is 9.64. The molecule has 0 aliphatic carbocycles. The summed E-state index contributed by atoms with van der Waals surface area (Å²) < 4.78 is 16.6. The van der Waals surface area contributed by atoms with Crippen LogP contribution in [0.15, 0.2) is 48.5 Å². The van der Waals surface area contributed by atoms with Crippen LogP contribution in [-0.2, 0) is 11.2 Å². The minimum atomic E-state index is -0.455. The Morgan fingerprint density at radius 3 is 2.26 bits per heavy atom. The Morgan fingerprint density at radius 1 is 0.968 bits per heavy atom. The maximum absolute atomic E-state index is 11.6. The number of aromatic hydroxyl groups is 2. The van der Waals surface area contributed by atoms with Crippen LogP contribution in [0, 0.1) is 0 Å². The molecule has 1 heterocycles. The van der Waals surface area contributed by atoms with Crippen molar-refractivity contribution in [2.24, 2.45) is 0 Å². The summed E-state index contributed by atoms with van der Waals surface area (Å²) in [6.45, 7) is 0.591. The monoisotopic (exact) mass is 426 g/mol. The molecule has 0 fully saturated rings. The molecular formula is C23H26N2O6. The van der Waals surface area contributed by atoms with E-state index in [0.29, 0.717) is 41.4 Å². The summed E-state index contributed by atoms with van der Waals surface area (Å²) in [5.41, 5.74) is 2.42. The number of ether oxygens (including phenoxy) is 3. The number of carbonyl (C=O) groups excluding carboxylic acids is 1. The lowest BCUT2D eigenvalue weighted by molar-refractivity contribution is 0.0600. The lowest BCUT2D eigenvalue weighted by atomic mass is 10.1. The van der Waals surface area contributed by atoms with Gasteiger partial charge in [0.1, 0.15) is 5.69 Å². The fourth-order valence-electron chi connectivity index (χ4n) is 3.33. The Morgan fingerprint density at radius 2 is 1.65 bits per heavy atom. The third-order valence-corrected chi connectivity index (χ3v) is 5.08. The van der Waals surface area contributed by atoms with Crippen molar-refractivity contribution in [3.05, 3.63) is 59.7 Å². The Balaban J connectivity index is 1.77. The number of nitrogens with zero attached hydrogens (tertiary/aromatic N) is 2. The Hall–Kier alpha value is -3.81. The summed E-state index contributed by atoms with van der Waals surface area (Å²) in [6.07, 6.45) is 0.691. The van der Waals surface area contributed by atoms with Crippen LogP contribution < -0.4 is 14.4 Å². The number of esters is 1. The van der Waals surface area contributed by atoms with Crippen molar-refractivity contribution < 1.29 is 29.2 Å². The number of methoxy groups -OCH3 is 3. The normalized spacial score (nSPS) is 10.6. The van der Waals surface area contributed by atoms with Gasteiger partial charge >= 0.3 is 5.97 Å². The first-order valence-corrected chi connectivity index (χ1v) is 9.64. The molecule has 3 rings (SSSR count). The summed E-state index contributed by atoms with van der Waals surface area (Å²) >= 11 is 0. The van der Waals surface area contributed by atoms with Gasteiger partial charge < -0.3 is 29.3 Å². The molecule has 0 saturated heterocycles. The van der Waals surface area contributed by atoms with Crippen molar-refractivity contribution in [2.75, 3.05) is 39.8 Å². The van der Waals surface area contributed by atoms with Gasteiger partial charge in [0.05, 0.1) is 32.6 Å². The maximum atomic E-state index is 11.6. The molecule has 2 aromatic carbocycles. The minimum absolute atomic E-state index is 0.0990. The van der Waals surface area contributed by atoms with Crippen LogP contribution >= 0.6 is 0 Å². The van der Waals surface area contributed by atoms with Crippen molar-refractivity contribution >= 4 is 11.7 Å². The highest BCUT2D eigenvalue weighted by atomic mass is 16.5. The molecule has 3 aromatic rings. The second kappa shape index (κ2) is 9.34. The van der Waals surface area contributed by atoms with Crippen LogP contribution in [0.1, 0.15) is 15.9 Å². The first kappa shape index (κ1) is 21.9. The van der Waals surface area contributed by atoms with Crippen LogP contribution in [0.25, 0.3) is 5.69 Å². The molecule has 2 N–H and O–H groups in total. The molecule has 0 atom stereocenters. The number of carbonyl (C=O) groups is 1. The molecule has 1 aromatic heterocycles. The summed E-state index contributed by atoms with van der Waals surface area (Å²) in [7, 11) is 6.33. The average molecular weight is 426 g/mol. The van der Waals surface area contributed by atoms with Crippen LogP contribution in [0.4, 0.5) is 5.69 Å². The number of rotatable bonds is 8. The van der Waals surface area contributed by atoms with Gasteiger partial charge in [-0.25, -0.2) is 9.36 Å². The average Bonchev–Trinajstić information content (AvgIpc) is 3.10. The van der Waals surface area contributed by atoms with E-state index in [1.54, 1.807) is 38.5 Å². The van der Waals surface area contributed by atoms with Crippen LogP contribution in [0.5, 0.6) is 23.3 Å². The second-order valence-corrected chi connectivity index (χ2v) is 6.95. The predicted octanol–water partition coefficient (Wildman–Crippen LogP) is 3.37. The highest BCUT2D eigenvalue weighted by Gasteiger charge is 2.19. The summed E-state index contributed by atoms with van der Waals surface area (Å²) in [5.74, 6) is 0.652. The van der Waals surface area contributed by atoms with Gasteiger partial charge in [0.15, 0.2) is 11.5 Å². The van der Waals surface area contributed by atoms with Crippen LogP contribution in [-0.4, -0.2) is 55.7 Å². The lowest BCUT2D eigenvalue weighted by Crippen LogP contribution is -2.20. The molecule has 8 nitrogen and oxygen atoms in total. The number of anilines is 1. The Kier molecular flexibility index (Phi) is 6.59. The Labute approximate surface area is 180 Å². The van der Waals surface area contributed by atoms with Crippen molar-refractivity contribution in [2.45, 2.75) is 6.42 Å². The molecule has 0 aliphatic heterocycles. The van der Waals surface area contributed by atoms with Crippen LogP contribution in [0.3, 0.4) is 0 Å². The SMILES string of the molecule is COC(=O)c1ccc(-n2c(O)cc(N(C)CCc3ccc(OC)c(OC)c3)c2O)cc1. The summed E-state index contributed by atoms with van der Waals surface area (Å²) in [5, 5.41) is 21.1. The highest BCUT2D eigenvalue weighted by Crippen LogP contribution is 2.37. The molecular weight excluding hydrogens is 400 g/mol. The van der Waals surface area contributed by atoms with E-state index in [-0.39, 0.29) is 11.8 Å². The summed E-state index contributed by atoms with van der Waals surface area (Å²) in [6, 6.07) is 13.6. The summed E-state index contributed by atoms with van der Waals surface area (Å²) in [4.78, 5) is 13.5. The van der Waals surface area contributed by atoms with E-state index >= 15 is 0 Å². The van der Waals surface area contributed by atoms with Crippen molar-refractivity contribution in [3.63, 3.8) is 0 Å². The topological polar surface area (TPSA) is 93.4 Å². The van der Waals surface area contributed by atoms with Gasteiger partial charge in [-0.3, -0.25) is 0 Å². The second-order valence-electron chi connectivity index (χ2n) is 6.95. The molecule has 0 unspecified atom stereocenters. The maximum Gasteiger partial charge on any atom is 0.337 e. The predicted molar refractivity (Wildman–Crippen MR) is 117 cm³/mol. The number of hydrogen-bond acceptors (Lipinski definition) is 7. The van der Waals surface area contributed by atoms with Gasteiger partial charge in [-0.2, -0.15) is 0 Å². The van der Waals surface area contributed by atoms with Gasteiger partial charge in [-0.1, -0.05) is 6.07 Å². The molecule has 8 heteroatoms.